The molecule has 1 N–H and O–H groups in total. The van der Waals surface area contributed by atoms with Gasteiger partial charge in [-0.3, -0.25) is 0 Å². The van der Waals surface area contributed by atoms with Crippen LogP contribution in [-0.2, 0) is 4.79 Å². The van der Waals surface area contributed by atoms with Crippen LogP contribution >= 0.6 is 11.8 Å². The Kier molecular flexibility index (Phi) is 5.69. The van der Waals surface area contributed by atoms with Gasteiger partial charge in [0.2, 0.25) is 0 Å². The van der Waals surface area contributed by atoms with Crippen LogP contribution in [0.3, 0.4) is 0 Å². The van der Waals surface area contributed by atoms with Gasteiger partial charge < -0.3 is 0 Å². The van der Waals surface area contributed by atoms with Crippen LogP contribution in [0.1, 0.15) is 0 Å². The average Bonchev–Trinajstić information content (AvgIpc) is 3.09. The monoisotopic (exact) mass is 405 g/mol. The number of aromatic nitrogens is 2. The fourth-order valence-corrected chi connectivity index (χ4v) is 4.56. The molecule has 1 aromatic heterocycles. The van der Waals surface area contributed by atoms with Crippen LogP contribution in [0.25, 0.3) is 11.3 Å². The Bertz CT molecular complexity index is 823. The Morgan fingerprint density at radius 3 is 2.83 bits per heavy atom. The van der Waals surface area contributed by atoms with Crippen LogP contribution in [0, 0.1) is 0 Å². The number of methoxy groups -OCH3 is 1. The molecule has 7 heteroatoms. The summed E-state index contributed by atoms with van der Waals surface area (Å²) in [5, 5.41) is 7.13. The van der Waals surface area contributed by atoms with E-state index in [-0.39, 0.29) is 20.6 Å². The van der Waals surface area contributed by atoms with Gasteiger partial charge in [0.25, 0.3) is 0 Å². The number of benzene rings is 2. The molecule has 0 radical (unpaired) electrons. The molecular formula is C17H15N3O2SSe. The molecule has 0 aliphatic heterocycles. The molecule has 0 aliphatic rings. The fourth-order valence-electron chi connectivity index (χ4n) is 2.07. The molecule has 0 spiro atoms. The molecule has 24 heavy (non-hydrogen) atoms. The average molecular weight is 404 g/mol. The van der Waals surface area contributed by atoms with E-state index in [4.69, 9.17) is 4.74 Å². The predicted octanol–water partition coefficient (Wildman–Crippen LogP) is 2.94. The molecule has 5 nitrogen and oxygen atoms in total. The van der Waals surface area contributed by atoms with E-state index >= 15 is 0 Å². The zero-order chi connectivity index (χ0) is 16.8. The summed E-state index contributed by atoms with van der Waals surface area (Å²) in [4.78, 5) is 12.1. The van der Waals surface area contributed by atoms with Gasteiger partial charge >= 0.3 is 150 Å². The van der Waals surface area contributed by atoms with Gasteiger partial charge in [-0.25, -0.2) is 0 Å². The van der Waals surface area contributed by atoms with Gasteiger partial charge in [-0.15, -0.1) is 0 Å². The van der Waals surface area contributed by atoms with Crippen molar-refractivity contribution in [3.63, 3.8) is 0 Å². The number of para-hydroxylation sites is 1. The molecule has 0 bridgehead atoms. The number of amides is 1. The quantitative estimate of drug-likeness (QED) is 0.506. The molecule has 1 amide bonds. The van der Waals surface area contributed by atoms with Crippen molar-refractivity contribution in [3.05, 3.63) is 54.6 Å². The van der Waals surface area contributed by atoms with Gasteiger partial charge in [-0.1, -0.05) is 0 Å². The number of rotatable bonds is 6. The summed E-state index contributed by atoms with van der Waals surface area (Å²) in [5.74, 6) is 1.08. The van der Waals surface area contributed by atoms with Crippen LogP contribution in [0.5, 0.6) is 5.75 Å². The third-order valence-electron chi connectivity index (χ3n) is 3.19. The number of hydrogen-bond donors (Lipinski definition) is 1. The maximum atomic E-state index is 12.1. The van der Waals surface area contributed by atoms with Gasteiger partial charge in [0, 0.05) is 0 Å². The van der Waals surface area contributed by atoms with Crippen LogP contribution in [0.4, 0.5) is 5.69 Å². The number of hydrogen-bond acceptors (Lipinski definition) is 5. The van der Waals surface area contributed by atoms with Crippen molar-refractivity contribution in [2.24, 2.45) is 0 Å². The molecular weight excluding hydrogens is 389 g/mol. The van der Waals surface area contributed by atoms with Gasteiger partial charge in [0.05, 0.1) is 0 Å². The zero-order valence-corrected chi connectivity index (χ0v) is 15.5. The minimum absolute atomic E-state index is 0.0357. The van der Waals surface area contributed by atoms with Crippen molar-refractivity contribution in [3.8, 4) is 17.0 Å². The van der Waals surface area contributed by atoms with E-state index in [9.17, 15) is 4.79 Å². The number of thioether (sulfide) groups is 1. The Morgan fingerprint density at radius 2 is 2.04 bits per heavy atom. The zero-order valence-electron chi connectivity index (χ0n) is 12.9. The third kappa shape index (κ3) is 4.26. The minimum atomic E-state index is -0.0733. The number of carbonyl (C=O) groups is 1. The number of anilines is 1. The normalized spacial score (nSPS) is 10.4. The van der Waals surface area contributed by atoms with Crippen LogP contribution in [0.2, 0.25) is 0 Å². The molecule has 3 rings (SSSR count). The first-order valence-corrected chi connectivity index (χ1v) is 9.81. The molecule has 0 saturated heterocycles. The number of nitrogens with zero attached hydrogens (tertiary/aromatic N) is 2. The molecule has 3 aromatic rings. The second-order valence-electron chi connectivity index (χ2n) is 4.84. The maximum absolute atomic E-state index is 12.1. The third-order valence-corrected chi connectivity index (χ3v) is 6.28. The summed E-state index contributed by atoms with van der Waals surface area (Å²) < 4.78 is 10.5. The number of ether oxygens (including phenoxy) is 1. The Hall–Kier alpha value is -2.08. The van der Waals surface area contributed by atoms with E-state index in [1.807, 2.05) is 54.6 Å². The van der Waals surface area contributed by atoms with Crippen molar-refractivity contribution < 1.29 is 9.53 Å². The van der Waals surface area contributed by atoms with E-state index in [0.29, 0.717) is 5.75 Å². The summed E-state index contributed by atoms with van der Waals surface area (Å²) in [5.41, 5.74) is 2.60. The summed E-state index contributed by atoms with van der Waals surface area (Å²) in [6, 6.07) is 17.2. The topological polar surface area (TPSA) is 64.1 Å². The van der Waals surface area contributed by atoms with Crippen molar-refractivity contribution in [2.75, 3.05) is 18.2 Å². The molecule has 0 saturated carbocycles. The van der Waals surface area contributed by atoms with Crippen molar-refractivity contribution in [1.82, 2.24) is 9.19 Å². The van der Waals surface area contributed by atoms with Crippen molar-refractivity contribution >= 4 is 38.1 Å². The molecule has 0 fully saturated rings. The second-order valence-corrected chi connectivity index (χ2v) is 7.99. The SMILES string of the molecule is COc1cccc(-c2nn[se]c2SCC(=O)Nc2ccccc2)c1. The molecule has 122 valence electrons. The summed E-state index contributed by atoms with van der Waals surface area (Å²) in [6.45, 7) is 0. The van der Waals surface area contributed by atoms with E-state index in [0.717, 1.165) is 26.5 Å². The van der Waals surface area contributed by atoms with Gasteiger partial charge in [-0.2, -0.15) is 0 Å². The van der Waals surface area contributed by atoms with Crippen LogP contribution in [-0.4, -0.2) is 42.7 Å². The number of carbonyl (C=O) groups excluding carboxylic acids is 1. The molecule has 0 atom stereocenters. The molecule has 0 aliphatic carbocycles. The summed E-state index contributed by atoms with van der Waals surface area (Å²) in [6.07, 6.45) is 0. The van der Waals surface area contributed by atoms with E-state index in [1.165, 1.54) is 11.8 Å². The first kappa shape index (κ1) is 16.8. The Balaban J connectivity index is 1.66. The molecule has 2 aromatic carbocycles. The molecule has 0 unspecified atom stereocenters. The van der Waals surface area contributed by atoms with Crippen molar-refractivity contribution in [1.29, 1.82) is 0 Å². The standard InChI is InChI=1S/C17H15N3O2SSe/c1-22-14-9-5-6-12(10-14)16-17(24-20-19-16)23-11-15(21)18-13-7-3-2-4-8-13/h2-10H,11H2,1H3,(H,18,21). The first-order chi connectivity index (χ1) is 11.8. The second kappa shape index (κ2) is 8.15. The Labute approximate surface area is 150 Å². The van der Waals surface area contributed by atoms with Gasteiger partial charge in [-0.05, 0) is 0 Å². The van der Waals surface area contributed by atoms with Gasteiger partial charge in [0.1, 0.15) is 0 Å². The first-order valence-electron chi connectivity index (χ1n) is 7.21. The summed E-state index contributed by atoms with van der Waals surface area (Å²) >= 11 is 1.42. The summed E-state index contributed by atoms with van der Waals surface area (Å²) in [7, 11) is 1.64. The number of nitrogens with one attached hydrogen (secondary N) is 1. The predicted molar refractivity (Wildman–Crippen MR) is 96.8 cm³/mol. The van der Waals surface area contributed by atoms with E-state index in [2.05, 4.69) is 14.5 Å². The van der Waals surface area contributed by atoms with Crippen molar-refractivity contribution in [2.45, 2.75) is 3.77 Å². The van der Waals surface area contributed by atoms with E-state index in [1.54, 1.807) is 7.11 Å². The fraction of sp³-hybridized carbons (Fsp3) is 0.118. The van der Waals surface area contributed by atoms with Crippen LogP contribution < -0.4 is 10.1 Å². The molecule has 1 heterocycles. The van der Waals surface area contributed by atoms with Gasteiger partial charge in [0.15, 0.2) is 0 Å². The Morgan fingerprint density at radius 1 is 1.21 bits per heavy atom. The van der Waals surface area contributed by atoms with Crippen LogP contribution in [0.15, 0.2) is 58.4 Å². The van der Waals surface area contributed by atoms with E-state index < -0.39 is 0 Å².